The molecule has 0 radical (unpaired) electrons. The zero-order valence-corrected chi connectivity index (χ0v) is 11.3. The molecule has 0 saturated carbocycles. The molecule has 7 heteroatoms. The lowest BCUT2D eigenvalue weighted by Gasteiger charge is -2.07. The highest BCUT2D eigenvalue weighted by Gasteiger charge is 2.09. The molecule has 0 amide bonds. The Hall–Kier alpha value is -2.96. The first-order valence-corrected chi connectivity index (χ1v) is 6.19. The third kappa shape index (κ3) is 3.75. The molecule has 0 aliphatic rings. The Kier molecular flexibility index (Phi) is 4.13. The maximum atomic E-state index is 10.8. The van der Waals surface area contributed by atoms with Gasteiger partial charge in [0.2, 0.25) is 0 Å². The number of hydrogen-bond donors (Lipinski definition) is 1. The highest BCUT2D eigenvalue weighted by atomic mass is 16.6. The summed E-state index contributed by atoms with van der Waals surface area (Å²) in [5, 5.41) is 24.5. The predicted octanol–water partition coefficient (Wildman–Crippen LogP) is 3.42. The van der Waals surface area contributed by atoms with E-state index in [0.717, 1.165) is 11.1 Å². The van der Waals surface area contributed by atoms with E-state index >= 15 is 0 Å². The Morgan fingerprint density at radius 3 is 2.38 bits per heavy atom. The van der Waals surface area contributed by atoms with E-state index in [1.54, 1.807) is 25.1 Å². The molecule has 0 saturated heterocycles. The van der Waals surface area contributed by atoms with Gasteiger partial charge in [0.25, 0.3) is 11.4 Å². The molecule has 0 atom stereocenters. The van der Waals surface area contributed by atoms with E-state index in [-0.39, 0.29) is 11.4 Å². The molecule has 0 aliphatic carbocycles. The second-order valence-corrected chi connectivity index (χ2v) is 4.59. The van der Waals surface area contributed by atoms with E-state index in [4.69, 9.17) is 0 Å². The van der Waals surface area contributed by atoms with Crippen molar-refractivity contribution >= 4 is 17.1 Å². The van der Waals surface area contributed by atoms with E-state index in [0.29, 0.717) is 12.2 Å². The van der Waals surface area contributed by atoms with Gasteiger partial charge in [-0.3, -0.25) is 20.2 Å². The molecule has 7 nitrogen and oxygen atoms in total. The second kappa shape index (κ2) is 6.00. The summed E-state index contributed by atoms with van der Waals surface area (Å²) in [6.45, 7) is 2.12. The molecule has 2 aromatic rings. The van der Waals surface area contributed by atoms with Crippen molar-refractivity contribution < 1.29 is 9.85 Å². The van der Waals surface area contributed by atoms with Crippen LogP contribution in [-0.4, -0.2) is 9.85 Å². The lowest BCUT2D eigenvalue weighted by molar-refractivity contribution is -0.385. The van der Waals surface area contributed by atoms with Crippen molar-refractivity contribution in [3.63, 3.8) is 0 Å². The summed E-state index contributed by atoms with van der Waals surface area (Å²) in [6, 6.07) is 10.9. The number of aryl methyl sites for hydroxylation is 1. The third-order valence-electron chi connectivity index (χ3n) is 2.89. The molecule has 0 spiro atoms. The number of nitro benzene ring substituents is 2. The summed E-state index contributed by atoms with van der Waals surface area (Å²) >= 11 is 0. The minimum atomic E-state index is -0.457. The van der Waals surface area contributed by atoms with Crippen molar-refractivity contribution in [2.24, 2.45) is 0 Å². The molecule has 2 rings (SSSR count). The van der Waals surface area contributed by atoms with Crippen LogP contribution in [0.1, 0.15) is 11.1 Å². The minimum absolute atomic E-state index is 0.0107. The second-order valence-electron chi connectivity index (χ2n) is 4.59. The number of rotatable bonds is 5. The highest BCUT2D eigenvalue weighted by molar-refractivity contribution is 5.54. The van der Waals surface area contributed by atoms with Crippen LogP contribution in [-0.2, 0) is 6.54 Å². The van der Waals surface area contributed by atoms with Gasteiger partial charge in [-0.15, -0.1) is 0 Å². The summed E-state index contributed by atoms with van der Waals surface area (Å²) in [5.74, 6) is 0. The van der Waals surface area contributed by atoms with Crippen LogP contribution >= 0.6 is 0 Å². The van der Waals surface area contributed by atoms with Crippen LogP contribution in [0.5, 0.6) is 0 Å². The molecule has 0 aromatic heterocycles. The Labute approximate surface area is 120 Å². The normalized spacial score (nSPS) is 10.1. The highest BCUT2D eigenvalue weighted by Crippen LogP contribution is 2.21. The number of nitro groups is 2. The van der Waals surface area contributed by atoms with Crippen LogP contribution < -0.4 is 5.32 Å². The minimum Gasteiger partial charge on any atom is -0.381 e. The summed E-state index contributed by atoms with van der Waals surface area (Å²) in [4.78, 5) is 20.6. The quantitative estimate of drug-likeness (QED) is 0.671. The molecule has 0 heterocycles. The fourth-order valence-corrected chi connectivity index (χ4v) is 1.95. The van der Waals surface area contributed by atoms with Gasteiger partial charge in [-0.1, -0.05) is 12.1 Å². The third-order valence-corrected chi connectivity index (χ3v) is 2.89. The predicted molar refractivity (Wildman–Crippen MR) is 78.3 cm³/mol. The van der Waals surface area contributed by atoms with Gasteiger partial charge in [-0.05, 0) is 24.1 Å². The maximum absolute atomic E-state index is 10.8. The van der Waals surface area contributed by atoms with Crippen LogP contribution in [0.4, 0.5) is 17.1 Å². The van der Waals surface area contributed by atoms with Crippen molar-refractivity contribution in [1.82, 2.24) is 0 Å². The van der Waals surface area contributed by atoms with Crippen LogP contribution in [0.25, 0.3) is 0 Å². The van der Waals surface area contributed by atoms with Gasteiger partial charge in [0.15, 0.2) is 0 Å². The van der Waals surface area contributed by atoms with Gasteiger partial charge < -0.3 is 5.32 Å². The molecule has 1 N–H and O–H groups in total. The zero-order chi connectivity index (χ0) is 15.4. The molecule has 21 heavy (non-hydrogen) atoms. The molecule has 0 unspecified atom stereocenters. The first-order chi connectivity index (χ1) is 9.95. The summed E-state index contributed by atoms with van der Waals surface area (Å²) in [6.07, 6.45) is 0. The Bertz CT molecular complexity index is 700. The Balaban J connectivity index is 2.14. The van der Waals surface area contributed by atoms with Gasteiger partial charge in [0.1, 0.15) is 0 Å². The van der Waals surface area contributed by atoms with Crippen molar-refractivity contribution in [1.29, 1.82) is 0 Å². The summed E-state index contributed by atoms with van der Waals surface area (Å²) < 4.78 is 0. The molecule has 0 bridgehead atoms. The Morgan fingerprint density at radius 1 is 1.00 bits per heavy atom. The van der Waals surface area contributed by atoms with Gasteiger partial charge in [-0.2, -0.15) is 0 Å². The monoisotopic (exact) mass is 287 g/mol. The van der Waals surface area contributed by atoms with E-state index < -0.39 is 9.85 Å². The maximum Gasteiger partial charge on any atom is 0.271 e. The fraction of sp³-hybridized carbons (Fsp3) is 0.143. The summed E-state index contributed by atoms with van der Waals surface area (Å²) in [5.41, 5.74) is 2.13. The lowest BCUT2D eigenvalue weighted by atomic mass is 10.1. The van der Waals surface area contributed by atoms with E-state index in [2.05, 4.69) is 5.32 Å². The lowest BCUT2D eigenvalue weighted by Crippen LogP contribution is -2.01. The fourth-order valence-electron chi connectivity index (χ4n) is 1.95. The number of nitrogens with zero attached hydrogens (tertiary/aromatic N) is 2. The van der Waals surface area contributed by atoms with Crippen molar-refractivity contribution in [2.45, 2.75) is 13.5 Å². The SMILES string of the molecule is Cc1cc(NCc2cccc([N+](=O)[O-])c2)cc([N+](=O)[O-])c1. The number of non-ortho nitro benzene ring substituents is 2. The number of benzene rings is 2. The molecular weight excluding hydrogens is 274 g/mol. The van der Waals surface area contributed by atoms with Crippen LogP contribution in [0.15, 0.2) is 42.5 Å². The number of nitrogens with one attached hydrogen (secondary N) is 1. The number of anilines is 1. The largest absolute Gasteiger partial charge is 0.381 e. The van der Waals surface area contributed by atoms with E-state index in [1.165, 1.54) is 24.3 Å². The molecule has 108 valence electrons. The first kappa shape index (κ1) is 14.4. The molecule has 2 aromatic carbocycles. The molecule has 0 aliphatic heterocycles. The average molecular weight is 287 g/mol. The van der Waals surface area contributed by atoms with E-state index in [9.17, 15) is 20.2 Å². The van der Waals surface area contributed by atoms with Crippen molar-refractivity contribution in [3.8, 4) is 0 Å². The van der Waals surface area contributed by atoms with Gasteiger partial charge in [0, 0.05) is 36.5 Å². The average Bonchev–Trinajstić information content (AvgIpc) is 2.45. The standard InChI is InChI=1S/C14H13N3O4/c1-10-5-12(8-14(6-10)17(20)21)15-9-11-3-2-4-13(7-11)16(18)19/h2-8,15H,9H2,1H3. The molecule has 0 fully saturated rings. The van der Waals surface area contributed by atoms with Crippen LogP contribution in [0.3, 0.4) is 0 Å². The summed E-state index contributed by atoms with van der Waals surface area (Å²) in [7, 11) is 0. The van der Waals surface area contributed by atoms with Gasteiger partial charge in [0.05, 0.1) is 9.85 Å². The zero-order valence-electron chi connectivity index (χ0n) is 11.3. The van der Waals surface area contributed by atoms with Gasteiger partial charge in [-0.25, -0.2) is 0 Å². The topological polar surface area (TPSA) is 98.3 Å². The Morgan fingerprint density at radius 2 is 1.71 bits per heavy atom. The van der Waals surface area contributed by atoms with Crippen LogP contribution in [0, 0.1) is 27.2 Å². The number of hydrogen-bond acceptors (Lipinski definition) is 5. The first-order valence-electron chi connectivity index (χ1n) is 6.19. The van der Waals surface area contributed by atoms with Crippen molar-refractivity contribution in [3.05, 3.63) is 73.8 Å². The van der Waals surface area contributed by atoms with E-state index in [1.807, 2.05) is 0 Å². The van der Waals surface area contributed by atoms with Crippen molar-refractivity contribution in [2.75, 3.05) is 5.32 Å². The van der Waals surface area contributed by atoms with Gasteiger partial charge >= 0.3 is 0 Å². The smallest absolute Gasteiger partial charge is 0.271 e. The van der Waals surface area contributed by atoms with Crippen LogP contribution in [0.2, 0.25) is 0 Å². The molecular formula is C14H13N3O4.